The summed E-state index contributed by atoms with van der Waals surface area (Å²) in [6.07, 6.45) is 0.615. The summed E-state index contributed by atoms with van der Waals surface area (Å²) in [7, 11) is -2.58. The van der Waals surface area contributed by atoms with Crippen molar-refractivity contribution >= 4 is 16.1 Å². The number of nitrogens with zero attached hydrogens (tertiary/aromatic N) is 2. The van der Waals surface area contributed by atoms with E-state index in [-0.39, 0.29) is 36.9 Å². The molecule has 2 aromatic rings. The second-order valence-electron chi connectivity index (χ2n) is 10.7. The average molecular weight is 602 g/mol. The van der Waals surface area contributed by atoms with Crippen LogP contribution in [0.15, 0.2) is 59.5 Å². The quantitative estimate of drug-likeness (QED) is 0.291. The first kappa shape index (κ1) is 33.3. The maximum Gasteiger partial charge on any atom is 0.407 e. The number of aliphatic hydroxyl groups is 1. The molecule has 230 valence electrons. The number of rotatable bonds is 16. The Morgan fingerprint density at radius 3 is 2.45 bits per heavy atom. The first-order chi connectivity index (χ1) is 20.2. The Kier molecular flexibility index (Phi) is 12.6. The zero-order chi connectivity index (χ0) is 30.6. The largest absolute Gasteiger partial charge is 0.497 e. The standard InChI is InChI=1S/C31H43N3O7S/c1-4-31(5-2,17-9-18-32)23-34(42(37,38)27-14-12-25(39-3)13-15-27)21-29(35)28(20-24-10-7-6-8-11-24)33-30(36)41-26-16-19-40-22-26/h6-8,10-15,26,28-29,35H,4-5,9,16-17,19-23H2,1-3H3,(H,33,36)/t26?,28-,29?/m0/s1. The van der Waals surface area contributed by atoms with Crippen LogP contribution in [-0.4, -0.2) is 75.6 Å². The lowest BCUT2D eigenvalue weighted by molar-refractivity contribution is 0.0606. The van der Waals surface area contributed by atoms with Crippen molar-refractivity contribution in [1.29, 1.82) is 5.26 Å². The molecule has 3 rings (SSSR count). The number of ether oxygens (including phenoxy) is 3. The predicted octanol–water partition coefficient (Wildman–Crippen LogP) is 4.28. The minimum Gasteiger partial charge on any atom is -0.497 e. The Labute approximate surface area is 249 Å². The summed E-state index contributed by atoms with van der Waals surface area (Å²) < 4.78 is 45.4. The number of hydrogen-bond donors (Lipinski definition) is 2. The molecule has 10 nitrogen and oxygen atoms in total. The molecule has 1 saturated heterocycles. The van der Waals surface area contributed by atoms with Crippen LogP contribution in [0, 0.1) is 16.7 Å². The number of aliphatic hydroxyl groups excluding tert-OH is 1. The van der Waals surface area contributed by atoms with Crippen LogP contribution in [0.1, 0.15) is 51.5 Å². The molecule has 3 atom stereocenters. The molecule has 11 heteroatoms. The van der Waals surface area contributed by atoms with Gasteiger partial charge >= 0.3 is 6.09 Å². The van der Waals surface area contributed by atoms with Crippen LogP contribution in [0.2, 0.25) is 0 Å². The van der Waals surface area contributed by atoms with E-state index in [0.717, 1.165) is 5.56 Å². The van der Waals surface area contributed by atoms with Gasteiger partial charge < -0.3 is 24.6 Å². The van der Waals surface area contributed by atoms with Gasteiger partial charge in [-0.25, -0.2) is 13.2 Å². The Morgan fingerprint density at radius 2 is 1.88 bits per heavy atom. The molecule has 0 radical (unpaired) electrons. The SMILES string of the molecule is CCC(CC)(CCC#N)CN(CC(O)[C@H](Cc1ccccc1)NC(=O)OC1CCOC1)S(=O)(=O)c1ccc(OC)cc1. The summed E-state index contributed by atoms with van der Waals surface area (Å²) in [6, 6.07) is 16.8. The number of amides is 1. The van der Waals surface area contributed by atoms with Gasteiger partial charge in [0.1, 0.15) is 11.9 Å². The number of hydrogen-bond acceptors (Lipinski definition) is 8. The highest BCUT2D eigenvalue weighted by Gasteiger charge is 2.37. The highest BCUT2D eigenvalue weighted by Crippen LogP contribution is 2.35. The minimum absolute atomic E-state index is 0.0603. The molecule has 1 aliphatic rings. The second kappa shape index (κ2) is 15.9. The second-order valence-corrected chi connectivity index (χ2v) is 12.7. The fourth-order valence-corrected chi connectivity index (χ4v) is 6.75. The number of benzene rings is 2. The lowest BCUT2D eigenvalue weighted by Crippen LogP contribution is -2.52. The van der Waals surface area contributed by atoms with E-state index in [4.69, 9.17) is 14.2 Å². The van der Waals surface area contributed by atoms with Crippen LogP contribution in [0.5, 0.6) is 5.75 Å². The van der Waals surface area contributed by atoms with Crippen molar-refractivity contribution in [2.24, 2.45) is 5.41 Å². The number of nitriles is 1. The summed E-state index contributed by atoms with van der Waals surface area (Å²) in [4.78, 5) is 12.9. The molecule has 2 unspecified atom stereocenters. The van der Waals surface area contributed by atoms with Crippen molar-refractivity contribution in [3.63, 3.8) is 0 Å². The molecule has 0 aliphatic carbocycles. The molecule has 1 fully saturated rings. The fourth-order valence-electron chi connectivity index (χ4n) is 5.18. The van der Waals surface area contributed by atoms with Crippen molar-refractivity contribution in [2.45, 2.75) is 75.5 Å². The van der Waals surface area contributed by atoms with Crippen molar-refractivity contribution in [2.75, 3.05) is 33.4 Å². The zero-order valence-electron chi connectivity index (χ0n) is 24.7. The summed E-state index contributed by atoms with van der Waals surface area (Å²) in [5.41, 5.74) is 0.389. The van der Waals surface area contributed by atoms with Gasteiger partial charge in [0.25, 0.3) is 0 Å². The van der Waals surface area contributed by atoms with E-state index in [1.165, 1.54) is 23.5 Å². The molecular weight excluding hydrogens is 558 g/mol. The first-order valence-corrected chi connectivity index (χ1v) is 15.9. The van der Waals surface area contributed by atoms with Gasteiger partial charge in [-0.2, -0.15) is 9.57 Å². The third-order valence-electron chi connectivity index (χ3n) is 8.09. The van der Waals surface area contributed by atoms with Crippen LogP contribution in [0.3, 0.4) is 0 Å². The van der Waals surface area contributed by atoms with Gasteiger partial charge in [0.05, 0.1) is 43.4 Å². The summed E-state index contributed by atoms with van der Waals surface area (Å²) in [5.74, 6) is 0.518. The minimum atomic E-state index is -4.08. The van der Waals surface area contributed by atoms with Gasteiger partial charge in [-0.15, -0.1) is 0 Å². The van der Waals surface area contributed by atoms with Gasteiger partial charge in [-0.3, -0.25) is 0 Å². The summed E-state index contributed by atoms with van der Waals surface area (Å²) in [6.45, 7) is 4.62. The van der Waals surface area contributed by atoms with E-state index in [1.807, 2.05) is 44.2 Å². The van der Waals surface area contributed by atoms with Crippen LogP contribution in [0.4, 0.5) is 4.79 Å². The average Bonchev–Trinajstić information content (AvgIpc) is 3.51. The van der Waals surface area contributed by atoms with Gasteiger partial charge in [0.2, 0.25) is 10.0 Å². The van der Waals surface area contributed by atoms with Crippen molar-refractivity contribution in [3.8, 4) is 11.8 Å². The van der Waals surface area contributed by atoms with Crippen LogP contribution < -0.4 is 10.1 Å². The highest BCUT2D eigenvalue weighted by molar-refractivity contribution is 7.89. The molecule has 2 aromatic carbocycles. The topological polar surface area (TPSA) is 138 Å². The lowest BCUT2D eigenvalue weighted by Gasteiger charge is -2.38. The number of alkyl carbamates (subject to hydrolysis) is 1. The Balaban J connectivity index is 1.93. The van der Waals surface area contributed by atoms with Gasteiger partial charge in [0.15, 0.2) is 0 Å². The molecule has 0 spiro atoms. The number of sulfonamides is 1. The van der Waals surface area contributed by atoms with E-state index >= 15 is 0 Å². The van der Waals surface area contributed by atoms with E-state index in [2.05, 4.69) is 11.4 Å². The Morgan fingerprint density at radius 1 is 1.19 bits per heavy atom. The lowest BCUT2D eigenvalue weighted by atomic mass is 9.78. The molecule has 1 aliphatic heterocycles. The van der Waals surface area contributed by atoms with E-state index in [0.29, 0.717) is 44.6 Å². The van der Waals surface area contributed by atoms with Gasteiger partial charge in [-0.1, -0.05) is 44.2 Å². The first-order valence-electron chi connectivity index (χ1n) is 14.4. The molecule has 0 bridgehead atoms. The maximum atomic E-state index is 14.1. The third kappa shape index (κ3) is 9.16. The maximum absolute atomic E-state index is 14.1. The van der Waals surface area contributed by atoms with E-state index in [1.54, 1.807) is 12.1 Å². The molecule has 1 heterocycles. The zero-order valence-corrected chi connectivity index (χ0v) is 25.5. The van der Waals surface area contributed by atoms with Crippen LogP contribution >= 0.6 is 0 Å². The molecule has 1 amide bonds. The van der Waals surface area contributed by atoms with Crippen LogP contribution in [0.25, 0.3) is 0 Å². The highest BCUT2D eigenvalue weighted by atomic mass is 32.2. The molecular formula is C31H43N3O7S. The molecule has 2 N–H and O–H groups in total. The number of carbonyl (C=O) groups is 1. The van der Waals surface area contributed by atoms with Crippen molar-refractivity contribution in [1.82, 2.24) is 9.62 Å². The van der Waals surface area contributed by atoms with Crippen molar-refractivity contribution < 1.29 is 32.5 Å². The normalized spacial score (nSPS) is 16.9. The monoisotopic (exact) mass is 601 g/mol. The van der Waals surface area contributed by atoms with Crippen molar-refractivity contribution in [3.05, 3.63) is 60.2 Å². The Bertz CT molecular complexity index is 1260. The number of nitrogens with one attached hydrogen (secondary N) is 1. The smallest absolute Gasteiger partial charge is 0.407 e. The summed E-state index contributed by atoms with van der Waals surface area (Å²) >= 11 is 0. The fraction of sp³-hybridized carbons (Fsp3) is 0.548. The predicted molar refractivity (Wildman–Crippen MR) is 158 cm³/mol. The molecule has 0 aromatic heterocycles. The van der Waals surface area contributed by atoms with Crippen LogP contribution in [-0.2, 0) is 25.9 Å². The molecule has 0 saturated carbocycles. The summed E-state index contributed by atoms with van der Waals surface area (Å²) in [5, 5.41) is 23.7. The number of carbonyl (C=O) groups excluding carboxylic acids is 1. The van der Waals surface area contributed by atoms with E-state index in [9.17, 15) is 23.6 Å². The van der Waals surface area contributed by atoms with E-state index < -0.39 is 33.7 Å². The number of methoxy groups -OCH3 is 1. The Hall–Kier alpha value is -3.17. The third-order valence-corrected chi connectivity index (χ3v) is 9.92. The molecule has 42 heavy (non-hydrogen) atoms. The van der Waals surface area contributed by atoms with Gasteiger partial charge in [-0.05, 0) is 60.9 Å². The van der Waals surface area contributed by atoms with Gasteiger partial charge in [0, 0.05) is 25.9 Å².